The maximum absolute atomic E-state index is 9.96. The van der Waals surface area contributed by atoms with Gasteiger partial charge in [-0.05, 0) is 60.8 Å². The number of rotatable bonds is 13. The zero-order valence-corrected chi connectivity index (χ0v) is 19.8. The minimum Gasteiger partial charge on any atom is -0.507 e. The number of aromatic hydroxyl groups is 1. The molecule has 4 nitrogen and oxygen atoms in total. The van der Waals surface area contributed by atoms with Crippen LogP contribution >= 0.6 is 0 Å². The summed E-state index contributed by atoms with van der Waals surface area (Å²) in [5, 5.41) is 11.3. The minimum absolute atomic E-state index is 0.263. The number of benzene rings is 2. The maximum Gasteiger partial charge on any atom is 0.223 e. The first-order chi connectivity index (χ1) is 14.6. The van der Waals surface area contributed by atoms with Gasteiger partial charge in [0.1, 0.15) is 11.5 Å². The molecule has 1 N–H and O–H groups in total. The molecule has 2 rings (SSSR count). The highest BCUT2D eigenvalue weighted by Gasteiger charge is 2.33. The molecule has 0 aliphatic carbocycles. The molecule has 2 aromatic carbocycles. The predicted molar refractivity (Wildman–Crippen MR) is 127 cm³/mol. The zero-order chi connectivity index (χ0) is 21.8. The van der Waals surface area contributed by atoms with Crippen molar-refractivity contribution in [2.24, 2.45) is 0 Å². The Labute approximate surface area is 182 Å². The van der Waals surface area contributed by atoms with Gasteiger partial charge in [0, 0.05) is 18.8 Å². The molecule has 0 fully saturated rings. The number of phenols is 1. The number of unbranched alkanes of at least 4 members (excludes halogenated alkanes) is 1. The second-order valence-corrected chi connectivity index (χ2v) is 11.6. The van der Waals surface area contributed by atoms with E-state index in [1.807, 2.05) is 19.1 Å². The van der Waals surface area contributed by atoms with E-state index >= 15 is 0 Å². The van der Waals surface area contributed by atoms with Crippen molar-refractivity contribution in [2.75, 3.05) is 20.3 Å². The molecule has 0 saturated heterocycles. The molecule has 0 saturated carbocycles. The van der Waals surface area contributed by atoms with Gasteiger partial charge in [0.15, 0.2) is 0 Å². The van der Waals surface area contributed by atoms with Crippen molar-refractivity contribution in [3.63, 3.8) is 0 Å². The highest BCUT2D eigenvalue weighted by molar-refractivity contribution is 6.86. The summed E-state index contributed by atoms with van der Waals surface area (Å²) in [5.41, 5.74) is 1.98. The Balaban J connectivity index is 1.90. The molecule has 0 radical (unpaired) electrons. The van der Waals surface area contributed by atoms with Gasteiger partial charge in [0.2, 0.25) is 8.32 Å². The average molecular weight is 429 g/mol. The molecule has 2 aromatic rings. The summed E-state index contributed by atoms with van der Waals surface area (Å²) in [6.45, 7) is 8.66. The van der Waals surface area contributed by atoms with Gasteiger partial charge >= 0.3 is 0 Å². The lowest BCUT2D eigenvalue weighted by Gasteiger charge is -2.30. The first-order valence-electron chi connectivity index (χ1n) is 10.9. The quantitative estimate of drug-likeness (QED) is 0.331. The predicted octanol–water partition coefficient (Wildman–Crippen LogP) is 5.64. The Bertz CT molecular complexity index is 782. The van der Waals surface area contributed by atoms with Crippen LogP contribution < -0.4 is 9.92 Å². The summed E-state index contributed by atoms with van der Waals surface area (Å²) in [7, 11) is -0.314. The van der Waals surface area contributed by atoms with E-state index in [0.29, 0.717) is 6.61 Å². The average Bonchev–Trinajstić information content (AvgIpc) is 2.79. The van der Waals surface area contributed by atoms with Crippen LogP contribution in [-0.4, -0.2) is 33.7 Å². The molecule has 0 aliphatic rings. The van der Waals surface area contributed by atoms with Crippen LogP contribution in [0.5, 0.6) is 11.5 Å². The second-order valence-electron chi connectivity index (χ2n) is 7.35. The first-order valence-corrected chi connectivity index (χ1v) is 13.3. The Morgan fingerprint density at radius 1 is 1.00 bits per heavy atom. The molecule has 5 heteroatoms. The van der Waals surface area contributed by atoms with E-state index in [1.54, 1.807) is 19.2 Å². The van der Waals surface area contributed by atoms with E-state index in [9.17, 15) is 5.11 Å². The smallest absolute Gasteiger partial charge is 0.223 e. The highest BCUT2D eigenvalue weighted by Crippen LogP contribution is 2.24. The minimum atomic E-state index is -1.94. The number of ether oxygens (including phenoxy) is 2. The fourth-order valence-electron chi connectivity index (χ4n) is 3.54. The monoisotopic (exact) mass is 428 g/mol. The van der Waals surface area contributed by atoms with Gasteiger partial charge in [-0.1, -0.05) is 50.3 Å². The zero-order valence-electron chi connectivity index (χ0n) is 18.8. The van der Waals surface area contributed by atoms with E-state index in [4.69, 9.17) is 13.9 Å². The van der Waals surface area contributed by atoms with E-state index in [2.05, 4.69) is 44.2 Å². The van der Waals surface area contributed by atoms with Crippen molar-refractivity contribution in [1.29, 1.82) is 0 Å². The van der Waals surface area contributed by atoms with Crippen LogP contribution in [0, 0.1) is 0 Å². The third-order valence-corrected chi connectivity index (χ3v) is 9.95. The summed E-state index contributed by atoms with van der Waals surface area (Å²) in [6, 6.07) is 16.2. The van der Waals surface area contributed by atoms with Crippen molar-refractivity contribution in [1.82, 2.24) is 0 Å². The maximum atomic E-state index is 9.96. The molecule has 0 amide bonds. The third kappa shape index (κ3) is 6.72. The normalized spacial score (nSPS) is 11.9. The molecule has 0 aromatic heterocycles. The number of methoxy groups -OCH3 is 1. The molecule has 30 heavy (non-hydrogen) atoms. The van der Waals surface area contributed by atoms with Gasteiger partial charge in [0.05, 0.1) is 13.7 Å². The Morgan fingerprint density at radius 3 is 2.37 bits per heavy atom. The van der Waals surface area contributed by atoms with Crippen molar-refractivity contribution in [3.8, 4) is 11.5 Å². The molecule has 164 valence electrons. The highest BCUT2D eigenvalue weighted by atomic mass is 28.4. The van der Waals surface area contributed by atoms with Crippen LogP contribution in [-0.2, 0) is 15.8 Å². The van der Waals surface area contributed by atoms with Gasteiger partial charge in [-0.15, -0.1) is 0 Å². The van der Waals surface area contributed by atoms with Crippen LogP contribution in [0.2, 0.25) is 12.1 Å². The van der Waals surface area contributed by atoms with Crippen LogP contribution in [0.15, 0.2) is 48.5 Å². The third-order valence-electron chi connectivity index (χ3n) is 5.52. The van der Waals surface area contributed by atoms with E-state index in [0.717, 1.165) is 49.5 Å². The summed E-state index contributed by atoms with van der Waals surface area (Å²) >= 11 is 0. The Kier molecular flexibility index (Phi) is 10.1. The molecule has 0 heterocycles. The number of hydrogen-bond donors (Lipinski definition) is 1. The van der Waals surface area contributed by atoms with Crippen molar-refractivity contribution in [3.05, 3.63) is 59.7 Å². The fraction of sp³-hybridized carbons (Fsp3) is 0.440. The lowest BCUT2D eigenvalue weighted by molar-refractivity contribution is 0.134. The number of phenolic OH excluding ortho intramolecular Hbond substituents is 1. The van der Waals surface area contributed by atoms with E-state index < -0.39 is 8.32 Å². The van der Waals surface area contributed by atoms with Gasteiger partial charge < -0.3 is 19.0 Å². The lowest BCUT2D eigenvalue weighted by atomic mass is 10.1. The largest absolute Gasteiger partial charge is 0.507 e. The summed E-state index contributed by atoms with van der Waals surface area (Å²) in [4.78, 5) is 0. The van der Waals surface area contributed by atoms with Crippen LogP contribution in [0.4, 0.5) is 0 Å². The number of allylic oxidation sites excluding steroid dienone is 1. The van der Waals surface area contributed by atoms with Crippen molar-refractivity contribution in [2.45, 2.75) is 52.3 Å². The molecule has 0 atom stereocenters. The van der Waals surface area contributed by atoms with Crippen LogP contribution in [0.3, 0.4) is 0 Å². The fourth-order valence-corrected chi connectivity index (χ4v) is 6.74. The Hall–Kier alpha value is -2.08. The van der Waals surface area contributed by atoms with Gasteiger partial charge in [-0.25, -0.2) is 0 Å². The topological polar surface area (TPSA) is 47.9 Å². The van der Waals surface area contributed by atoms with Gasteiger partial charge in [0.25, 0.3) is 0 Å². The van der Waals surface area contributed by atoms with Crippen LogP contribution in [0.1, 0.15) is 44.7 Å². The molecule has 0 aliphatic heterocycles. The standard InChI is InChI=1S/C25H36O4Si/c1-5-28-20-21-12-15-24(16-13-21)30(6-2,7-3)29-18-10-8-9-11-22-19-23(27-4)14-17-25(22)26/h9,11-17,19,26H,5-8,10,18,20H2,1-4H3. The van der Waals surface area contributed by atoms with Gasteiger partial charge in [-0.3, -0.25) is 0 Å². The Morgan fingerprint density at radius 2 is 1.73 bits per heavy atom. The van der Waals surface area contributed by atoms with Crippen molar-refractivity contribution < 1.29 is 19.0 Å². The van der Waals surface area contributed by atoms with Gasteiger partial charge in [-0.2, -0.15) is 0 Å². The van der Waals surface area contributed by atoms with Crippen molar-refractivity contribution >= 4 is 19.6 Å². The number of hydrogen-bond acceptors (Lipinski definition) is 4. The molecule has 0 unspecified atom stereocenters. The second kappa shape index (κ2) is 12.6. The van der Waals surface area contributed by atoms with Crippen LogP contribution in [0.25, 0.3) is 6.08 Å². The van der Waals surface area contributed by atoms with E-state index in [1.165, 1.54) is 10.8 Å². The van der Waals surface area contributed by atoms with E-state index in [-0.39, 0.29) is 5.75 Å². The molecular formula is C25H36O4Si. The summed E-state index contributed by atoms with van der Waals surface area (Å²) in [5.74, 6) is 1.00. The molecular weight excluding hydrogens is 392 g/mol. The first kappa shape index (κ1) is 24.2. The summed E-state index contributed by atoms with van der Waals surface area (Å²) < 4.78 is 17.3. The molecule has 0 bridgehead atoms. The molecule has 0 spiro atoms. The lowest BCUT2D eigenvalue weighted by Crippen LogP contribution is -2.49. The summed E-state index contributed by atoms with van der Waals surface area (Å²) in [6.07, 6.45) is 5.89. The SMILES string of the molecule is CCOCc1ccc([Si](CC)(CC)OCCCC=Cc2cc(OC)ccc2O)cc1.